The number of carbonyl (C=O) groups excluding carboxylic acids is 1. The minimum Gasteiger partial charge on any atom is -0.491 e. The Morgan fingerprint density at radius 3 is 2.55 bits per heavy atom. The molecule has 3 aromatic carbocycles. The molecule has 1 aromatic heterocycles. The quantitative estimate of drug-likeness (QED) is 0.171. The molecule has 5 rings (SSSR count). The highest BCUT2D eigenvalue weighted by atomic mass is 79.9. The fourth-order valence-corrected chi connectivity index (χ4v) is 7.00. The van der Waals surface area contributed by atoms with Crippen LogP contribution in [0.15, 0.2) is 86.2 Å². The number of rotatable bonds is 9. The minimum atomic E-state index is -0.790. The summed E-state index contributed by atoms with van der Waals surface area (Å²) in [5, 5.41) is 1.03. The zero-order valence-electron chi connectivity index (χ0n) is 24.4. The number of benzene rings is 3. The molecular weight excluding hydrogens is 687 g/mol. The van der Waals surface area contributed by atoms with Gasteiger partial charge in [0.05, 0.1) is 38.0 Å². The summed E-state index contributed by atoms with van der Waals surface area (Å²) in [6.07, 6.45) is 1.63. The summed E-state index contributed by atoms with van der Waals surface area (Å²) < 4.78 is 20.1. The summed E-state index contributed by atoms with van der Waals surface area (Å²) in [6.45, 7) is 7.83. The second kappa shape index (κ2) is 13.7. The Morgan fingerprint density at radius 2 is 1.86 bits per heavy atom. The van der Waals surface area contributed by atoms with Gasteiger partial charge in [0.1, 0.15) is 18.4 Å². The monoisotopic (exact) mass is 714 g/mol. The predicted molar refractivity (Wildman–Crippen MR) is 178 cm³/mol. The lowest BCUT2D eigenvalue weighted by Gasteiger charge is -2.26. The highest BCUT2D eigenvalue weighted by Gasteiger charge is 2.35. The van der Waals surface area contributed by atoms with E-state index in [2.05, 4.69) is 20.9 Å². The average molecular weight is 716 g/mol. The molecule has 0 radical (unpaired) electrons. The van der Waals surface area contributed by atoms with Crippen LogP contribution >= 0.6 is 50.5 Å². The number of halogens is 3. The predicted octanol–water partition coefficient (Wildman–Crippen LogP) is 7.23. The normalized spacial score (nSPS) is 14.8. The number of nitrogens with zero attached hydrogens (tertiary/aromatic N) is 2. The molecule has 0 saturated heterocycles. The number of para-hydroxylation sites is 1. The maximum atomic E-state index is 14.1. The molecule has 7 nitrogen and oxygen atoms in total. The Labute approximate surface area is 277 Å². The van der Waals surface area contributed by atoms with Gasteiger partial charge in [-0.25, -0.2) is 9.79 Å². The van der Waals surface area contributed by atoms with E-state index in [1.54, 1.807) is 42.7 Å². The van der Waals surface area contributed by atoms with Gasteiger partial charge >= 0.3 is 5.97 Å². The standard InChI is InChI=1S/C33H29BrCl2N2O5S/c1-5-41-32(40)28-19(4)37-33-38(29(28)23-8-6-7-9-26(23)43-18(2)3)31(39)27(44-33)16-21-14-24(34)30(25(36)15-21)42-17-20-10-12-22(35)13-11-20/h6-16,18,29H,5,17H2,1-4H3/b27-16+/t29-/m0/s1. The van der Waals surface area contributed by atoms with Crippen LogP contribution in [0, 0.1) is 0 Å². The Hall–Kier alpha value is -3.37. The molecule has 1 aliphatic rings. The Morgan fingerprint density at radius 1 is 1.14 bits per heavy atom. The van der Waals surface area contributed by atoms with Gasteiger partial charge in [0.25, 0.3) is 5.56 Å². The van der Waals surface area contributed by atoms with Crippen molar-refractivity contribution >= 4 is 62.5 Å². The minimum absolute atomic E-state index is 0.121. The van der Waals surface area contributed by atoms with Crippen molar-refractivity contribution in [3.63, 3.8) is 0 Å². The number of hydrogen-bond donors (Lipinski definition) is 0. The van der Waals surface area contributed by atoms with Crippen molar-refractivity contribution in [1.82, 2.24) is 4.57 Å². The van der Waals surface area contributed by atoms with E-state index in [1.807, 2.05) is 56.3 Å². The molecule has 44 heavy (non-hydrogen) atoms. The largest absolute Gasteiger partial charge is 0.491 e. The second-order valence-corrected chi connectivity index (χ2v) is 12.9. The van der Waals surface area contributed by atoms with E-state index in [-0.39, 0.29) is 18.3 Å². The first-order valence-electron chi connectivity index (χ1n) is 13.9. The van der Waals surface area contributed by atoms with Crippen LogP contribution in [0.5, 0.6) is 11.5 Å². The Balaban J connectivity index is 1.58. The number of carbonyl (C=O) groups is 1. The maximum absolute atomic E-state index is 14.1. The van der Waals surface area contributed by atoms with Crippen LogP contribution in [0.1, 0.15) is 50.4 Å². The molecule has 0 spiro atoms. The number of hydrogen-bond acceptors (Lipinski definition) is 7. The molecule has 0 fully saturated rings. The molecule has 1 atom stereocenters. The molecule has 0 saturated carbocycles. The molecule has 4 aromatic rings. The van der Waals surface area contributed by atoms with Crippen LogP contribution in [0.3, 0.4) is 0 Å². The van der Waals surface area contributed by atoms with Crippen molar-refractivity contribution in [2.45, 2.75) is 46.4 Å². The first kappa shape index (κ1) is 32.0. The van der Waals surface area contributed by atoms with E-state index in [0.29, 0.717) is 64.4 Å². The second-order valence-electron chi connectivity index (χ2n) is 10.2. The number of aromatic nitrogens is 1. The third kappa shape index (κ3) is 6.81. The zero-order chi connectivity index (χ0) is 31.5. The lowest BCUT2D eigenvalue weighted by molar-refractivity contribution is -0.139. The van der Waals surface area contributed by atoms with E-state index in [0.717, 1.165) is 5.56 Å². The van der Waals surface area contributed by atoms with Crippen LogP contribution in [0.25, 0.3) is 6.08 Å². The fourth-order valence-electron chi connectivity index (χ4n) is 4.84. The lowest BCUT2D eigenvalue weighted by Crippen LogP contribution is -2.40. The van der Waals surface area contributed by atoms with Crippen molar-refractivity contribution in [1.29, 1.82) is 0 Å². The van der Waals surface area contributed by atoms with Crippen LogP contribution < -0.4 is 24.4 Å². The van der Waals surface area contributed by atoms with Gasteiger partial charge in [-0.1, -0.05) is 64.9 Å². The zero-order valence-corrected chi connectivity index (χ0v) is 28.3. The van der Waals surface area contributed by atoms with E-state index in [4.69, 9.17) is 37.4 Å². The third-order valence-corrected chi connectivity index (χ3v) is 8.81. The highest BCUT2D eigenvalue weighted by molar-refractivity contribution is 9.10. The smallest absolute Gasteiger partial charge is 0.338 e. The van der Waals surface area contributed by atoms with Crippen molar-refractivity contribution in [3.05, 3.63) is 123 Å². The number of ether oxygens (including phenoxy) is 3. The number of allylic oxidation sites excluding steroid dienone is 1. The van der Waals surface area contributed by atoms with Gasteiger partial charge in [-0.3, -0.25) is 9.36 Å². The van der Waals surface area contributed by atoms with Gasteiger partial charge in [0.2, 0.25) is 0 Å². The molecule has 0 aliphatic carbocycles. The van der Waals surface area contributed by atoms with Gasteiger partial charge in [-0.15, -0.1) is 0 Å². The SMILES string of the molecule is CCOC(=O)C1=C(C)N=c2s/c(=C/c3cc(Cl)c(OCc4ccc(Cl)cc4)c(Br)c3)c(=O)n2[C@H]1c1ccccc1OC(C)C. The number of thiazole rings is 1. The summed E-state index contributed by atoms with van der Waals surface area (Å²) in [5.41, 5.74) is 2.76. The average Bonchev–Trinajstić information content (AvgIpc) is 3.26. The lowest BCUT2D eigenvalue weighted by atomic mass is 9.95. The fraction of sp³-hybridized carbons (Fsp3) is 0.242. The van der Waals surface area contributed by atoms with Crippen molar-refractivity contribution in [3.8, 4) is 11.5 Å². The van der Waals surface area contributed by atoms with E-state index in [1.165, 1.54) is 11.3 Å². The Bertz CT molecular complexity index is 1910. The summed E-state index contributed by atoms with van der Waals surface area (Å²) >= 11 is 17.4. The van der Waals surface area contributed by atoms with E-state index >= 15 is 0 Å². The number of esters is 1. The van der Waals surface area contributed by atoms with Crippen molar-refractivity contribution in [2.24, 2.45) is 4.99 Å². The van der Waals surface area contributed by atoms with Gasteiger partial charge in [-0.2, -0.15) is 0 Å². The van der Waals surface area contributed by atoms with Crippen LogP contribution in [-0.2, 0) is 16.1 Å². The topological polar surface area (TPSA) is 79.1 Å². The van der Waals surface area contributed by atoms with E-state index in [9.17, 15) is 9.59 Å². The summed E-state index contributed by atoms with van der Waals surface area (Å²) in [6, 6.07) is 17.5. The third-order valence-electron chi connectivity index (χ3n) is 6.71. The summed E-state index contributed by atoms with van der Waals surface area (Å²) in [7, 11) is 0. The summed E-state index contributed by atoms with van der Waals surface area (Å²) in [5.74, 6) is 0.525. The molecular formula is C33H29BrCl2N2O5S. The summed E-state index contributed by atoms with van der Waals surface area (Å²) in [4.78, 5) is 32.5. The molecule has 228 valence electrons. The molecule has 2 heterocycles. The van der Waals surface area contributed by atoms with Crippen molar-refractivity contribution < 1.29 is 19.0 Å². The van der Waals surface area contributed by atoms with Crippen LogP contribution in [0.4, 0.5) is 0 Å². The van der Waals surface area contributed by atoms with Crippen molar-refractivity contribution in [2.75, 3.05) is 6.61 Å². The van der Waals surface area contributed by atoms with Gasteiger partial charge < -0.3 is 14.2 Å². The molecule has 0 amide bonds. The molecule has 11 heteroatoms. The molecule has 0 bridgehead atoms. The first-order valence-corrected chi connectivity index (χ1v) is 16.3. The highest BCUT2D eigenvalue weighted by Crippen LogP contribution is 2.37. The number of fused-ring (bicyclic) bond motifs is 1. The molecule has 1 aliphatic heterocycles. The molecule has 0 N–H and O–H groups in total. The molecule has 0 unspecified atom stereocenters. The van der Waals surface area contributed by atoms with Crippen LogP contribution in [-0.4, -0.2) is 23.2 Å². The van der Waals surface area contributed by atoms with Gasteiger partial charge in [0, 0.05) is 10.6 Å². The van der Waals surface area contributed by atoms with Crippen LogP contribution in [0.2, 0.25) is 10.0 Å². The maximum Gasteiger partial charge on any atom is 0.338 e. The Kier molecular flexibility index (Phi) is 10.00. The van der Waals surface area contributed by atoms with Gasteiger partial charge in [0.15, 0.2) is 10.6 Å². The first-order chi connectivity index (χ1) is 21.1. The van der Waals surface area contributed by atoms with E-state index < -0.39 is 12.0 Å². The van der Waals surface area contributed by atoms with Gasteiger partial charge in [-0.05, 0) is 91.2 Å².